The second-order valence-electron chi connectivity index (χ2n) is 5.23. The molecule has 0 bridgehead atoms. The average Bonchev–Trinajstić information content (AvgIpc) is 2.86. The number of rotatable bonds is 7. The number of aromatic nitrogens is 1. The molecule has 1 saturated heterocycles. The van der Waals surface area contributed by atoms with Crippen LogP contribution in [0.5, 0.6) is 0 Å². The first-order valence-corrected chi connectivity index (χ1v) is 7.21. The first kappa shape index (κ1) is 13.5. The van der Waals surface area contributed by atoms with E-state index in [4.69, 9.17) is 0 Å². The number of nitrogens with zero attached hydrogens (tertiary/aromatic N) is 2. The van der Waals surface area contributed by atoms with E-state index in [1.54, 1.807) is 0 Å². The quantitative estimate of drug-likeness (QED) is 0.746. The lowest BCUT2D eigenvalue weighted by molar-refractivity contribution is 0.324. The van der Waals surface area contributed by atoms with Gasteiger partial charge >= 0.3 is 0 Å². The summed E-state index contributed by atoms with van der Waals surface area (Å²) in [5.41, 5.74) is 1.21. The minimum Gasteiger partial charge on any atom is -0.316 e. The van der Waals surface area contributed by atoms with Crippen LogP contribution in [0.2, 0.25) is 0 Å². The lowest BCUT2D eigenvalue weighted by Gasteiger charge is -2.15. The van der Waals surface area contributed by atoms with Crippen LogP contribution in [0.1, 0.15) is 25.5 Å². The van der Waals surface area contributed by atoms with Crippen LogP contribution in [0, 0.1) is 5.92 Å². The Morgan fingerprint density at radius 2 is 2.39 bits per heavy atom. The Bertz CT molecular complexity index is 326. The number of hydrogen-bond donors (Lipinski definition) is 1. The molecular weight excluding hydrogens is 222 g/mol. The summed E-state index contributed by atoms with van der Waals surface area (Å²) >= 11 is 0. The molecule has 0 saturated carbocycles. The molecule has 1 N–H and O–H groups in total. The van der Waals surface area contributed by atoms with Gasteiger partial charge in [-0.1, -0.05) is 13.0 Å². The molecule has 3 nitrogen and oxygen atoms in total. The van der Waals surface area contributed by atoms with Gasteiger partial charge in [0.1, 0.15) is 0 Å². The van der Waals surface area contributed by atoms with Crippen molar-refractivity contribution in [1.29, 1.82) is 0 Å². The topological polar surface area (TPSA) is 28.2 Å². The molecule has 1 unspecified atom stereocenters. The SMILES string of the molecule is CCCNCC1CCN(CCc2ccccn2)C1. The second kappa shape index (κ2) is 7.49. The van der Waals surface area contributed by atoms with E-state index in [0.29, 0.717) is 0 Å². The molecule has 0 aromatic carbocycles. The maximum Gasteiger partial charge on any atom is 0.0416 e. The third-order valence-electron chi connectivity index (χ3n) is 3.64. The Kier molecular flexibility index (Phi) is 5.62. The van der Waals surface area contributed by atoms with Gasteiger partial charge in [-0.05, 0) is 50.5 Å². The van der Waals surface area contributed by atoms with Crippen LogP contribution >= 0.6 is 0 Å². The smallest absolute Gasteiger partial charge is 0.0416 e. The largest absolute Gasteiger partial charge is 0.316 e. The van der Waals surface area contributed by atoms with E-state index < -0.39 is 0 Å². The molecule has 2 rings (SSSR count). The van der Waals surface area contributed by atoms with E-state index >= 15 is 0 Å². The molecule has 100 valence electrons. The van der Waals surface area contributed by atoms with E-state index in [2.05, 4.69) is 34.3 Å². The molecule has 3 heteroatoms. The average molecular weight is 247 g/mol. The van der Waals surface area contributed by atoms with Gasteiger partial charge in [-0.15, -0.1) is 0 Å². The maximum atomic E-state index is 4.38. The fourth-order valence-corrected chi connectivity index (χ4v) is 2.58. The molecule has 1 aromatic heterocycles. The van der Waals surface area contributed by atoms with Crippen molar-refractivity contribution in [3.63, 3.8) is 0 Å². The fourth-order valence-electron chi connectivity index (χ4n) is 2.58. The normalized spacial score (nSPS) is 20.4. The Morgan fingerprint density at radius 1 is 1.44 bits per heavy atom. The zero-order valence-electron chi connectivity index (χ0n) is 11.4. The monoisotopic (exact) mass is 247 g/mol. The van der Waals surface area contributed by atoms with Gasteiger partial charge in [0.25, 0.3) is 0 Å². The Morgan fingerprint density at radius 3 is 3.17 bits per heavy atom. The number of pyridine rings is 1. The van der Waals surface area contributed by atoms with Crippen molar-refractivity contribution in [2.45, 2.75) is 26.2 Å². The molecule has 0 radical (unpaired) electrons. The minimum atomic E-state index is 0.847. The van der Waals surface area contributed by atoms with Crippen LogP contribution in [0.15, 0.2) is 24.4 Å². The van der Waals surface area contributed by atoms with Crippen LogP contribution in [0.25, 0.3) is 0 Å². The molecule has 1 aliphatic rings. The highest BCUT2D eigenvalue weighted by atomic mass is 15.1. The Labute approximate surface area is 111 Å². The van der Waals surface area contributed by atoms with Gasteiger partial charge in [0.05, 0.1) is 0 Å². The zero-order valence-corrected chi connectivity index (χ0v) is 11.4. The van der Waals surface area contributed by atoms with Crippen molar-refractivity contribution in [2.24, 2.45) is 5.92 Å². The van der Waals surface area contributed by atoms with Crippen molar-refractivity contribution in [1.82, 2.24) is 15.2 Å². The van der Waals surface area contributed by atoms with Gasteiger partial charge in [0, 0.05) is 31.4 Å². The van der Waals surface area contributed by atoms with Gasteiger partial charge in [0.2, 0.25) is 0 Å². The van der Waals surface area contributed by atoms with Crippen molar-refractivity contribution in [3.05, 3.63) is 30.1 Å². The summed E-state index contributed by atoms with van der Waals surface area (Å²) in [5, 5.41) is 3.53. The van der Waals surface area contributed by atoms with Gasteiger partial charge in [-0.2, -0.15) is 0 Å². The molecule has 1 fully saturated rings. The summed E-state index contributed by atoms with van der Waals surface area (Å²) in [6.45, 7) is 8.23. The lowest BCUT2D eigenvalue weighted by atomic mass is 10.1. The molecule has 0 amide bonds. The van der Waals surface area contributed by atoms with Crippen LogP contribution < -0.4 is 5.32 Å². The van der Waals surface area contributed by atoms with Crippen molar-refractivity contribution < 1.29 is 0 Å². The molecule has 0 aliphatic carbocycles. The van der Waals surface area contributed by atoms with Crippen LogP contribution in [0.3, 0.4) is 0 Å². The van der Waals surface area contributed by atoms with E-state index in [-0.39, 0.29) is 0 Å². The number of likely N-dealkylation sites (tertiary alicyclic amines) is 1. The van der Waals surface area contributed by atoms with Crippen LogP contribution in [-0.4, -0.2) is 42.6 Å². The van der Waals surface area contributed by atoms with E-state index in [0.717, 1.165) is 25.4 Å². The van der Waals surface area contributed by atoms with Gasteiger partial charge in [0.15, 0.2) is 0 Å². The van der Waals surface area contributed by atoms with Gasteiger partial charge in [-0.3, -0.25) is 4.98 Å². The molecule has 2 heterocycles. The Balaban J connectivity index is 1.64. The summed E-state index contributed by atoms with van der Waals surface area (Å²) < 4.78 is 0. The van der Waals surface area contributed by atoms with Crippen LogP contribution in [0.4, 0.5) is 0 Å². The summed E-state index contributed by atoms with van der Waals surface area (Å²) in [7, 11) is 0. The fraction of sp³-hybridized carbons (Fsp3) is 0.667. The highest BCUT2D eigenvalue weighted by Crippen LogP contribution is 2.15. The molecule has 18 heavy (non-hydrogen) atoms. The summed E-state index contributed by atoms with van der Waals surface area (Å²) in [6.07, 6.45) is 5.54. The molecule has 1 atom stereocenters. The van der Waals surface area contributed by atoms with Crippen molar-refractivity contribution in [3.8, 4) is 0 Å². The van der Waals surface area contributed by atoms with Gasteiger partial charge in [-0.25, -0.2) is 0 Å². The summed E-state index contributed by atoms with van der Waals surface area (Å²) in [4.78, 5) is 6.96. The molecule has 1 aliphatic heterocycles. The van der Waals surface area contributed by atoms with Crippen molar-refractivity contribution in [2.75, 3.05) is 32.7 Å². The molecule has 1 aromatic rings. The Hall–Kier alpha value is -0.930. The number of nitrogens with one attached hydrogen (secondary N) is 1. The highest BCUT2D eigenvalue weighted by molar-refractivity contribution is 5.03. The van der Waals surface area contributed by atoms with Crippen LogP contribution in [-0.2, 0) is 6.42 Å². The predicted molar refractivity (Wildman–Crippen MR) is 75.6 cm³/mol. The standard InChI is InChI=1S/C15H25N3/c1-2-8-16-12-14-6-10-18(13-14)11-7-15-5-3-4-9-17-15/h3-5,9,14,16H,2,6-8,10-13H2,1H3. The molecule has 0 spiro atoms. The first-order valence-electron chi connectivity index (χ1n) is 7.21. The molecular formula is C15H25N3. The van der Waals surface area contributed by atoms with E-state index in [1.165, 1.54) is 38.2 Å². The minimum absolute atomic E-state index is 0.847. The van der Waals surface area contributed by atoms with Crippen molar-refractivity contribution >= 4 is 0 Å². The maximum absolute atomic E-state index is 4.38. The van der Waals surface area contributed by atoms with E-state index in [9.17, 15) is 0 Å². The number of hydrogen-bond acceptors (Lipinski definition) is 3. The highest BCUT2D eigenvalue weighted by Gasteiger charge is 2.21. The first-order chi connectivity index (χ1) is 8.88. The van der Waals surface area contributed by atoms with E-state index in [1.807, 2.05) is 12.3 Å². The van der Waals surface area contributed by atoms with Gasteiger partial charge < -0.3 is 10.2 Å². The summed E-state index contributed by atoms with van der Waals surface area (Å²) in [6, 6.07) is 6.18. The zero-order chi connectivity index (χ0) is 12.6. The second-order valence-corrected chi connectivity index (χ2v) is 5.23. The summed E-state index contributed by atoms with van der Waals surface area (Å²) in [5.74, 6) is 0.847. The predicted octanol–water partition coefficient (Wildman–Crippen LogP) is 1.95. The third kappa shape index (κ3) is 4.39. The third-order valence-corrected chi connectivity index (χ3v) is 3.64. The lowest BCUT2D eigenvalue weighted by Crippen LogP contribution is -2.28.